The zero-order valence-electron chi connectivity index (χ0n) is 11.7. The highest BCUT2D eigenvalue weighted by Gasteiger charge is 2.15. The van der Waals surface area contributed by atoms with Crippen molar-refractivity contribution in [3.63, 3.8) is 0 Å². The summed E-state index contributed by atoms with van der Waals surface area (Å²) in [6.07, 6.45) is 1.58. The first-order chi connectivity index (χ1) is 9.51. The fourth-order valence-electron chi connectivity index (χ4n) is 1.77. The average molecular weight is 286 g/mol. The monoisotopic (exact) mass is 286 g/mol. The van der Waals surface area contributed by atoms with Gasteiger partial charge >= 0.3 is 0 Å². The average Bonchev–Trinajstić information content (AvgIpc) is 2.43. The lowest BCUT2D eigenvalue weighted by atomic mass is 10.2. The number of rotatable bonds is 7. The first kappa shape index (κ1) is 16.4. The molecule has 3 N–H and O–H groups in total. The Morgan fingerprint density at radius 2 is 1.85 bits per heavy atom. The number of carbonyl (C=O) groups is 1. The van der Waals surface area contributed by atoms with Crippen molar-refractivity contribution in [2.24, 2.45) is 5.73 Å². The number of halogens is 2. The summed E-state index contributed by atoms with van der Waals surface area (Å²) in [6, 6.07) is 2.23. The molecule has 0 aliphatic carbocycles. The maximum absolute atomic E-state index is 13.6. The molecule has 0 aromatic heterocycles. The van der Waals surface area contributed by atoms with E-state index in [1.54, 1.807) is 0 Å². The molecule has 0 aliphatic rings. The van der Waals surface area contributed by atoms with Gasteiger partial charge in [0.05, 0.1) is 0 Å². The lowest BCUT2D eigenvalue weighted by Gasteiger charge is -2.15. The first-order valence-electron chi connectivity index (χ1n) is 6.61. The van der Waals surface area contributed by atoms with Crippen LogP contribution in [-0.2, 0) is 11.3 Å². The zero-order chi connectivity index (χ0) is 15.1. The fraction of sp³-hybridized carbons (Fsp3) is 0.500. The van der Waals surface area contributed by atoms with Gasteiger partial charge in [0.15, 0.2) is 24.0 Å². The third-order valence-corrected chi connectivity index (χ3v) is 2.99. The van der Waals surface area contributed by atoms with E-state index in [1.807, 2.05) is 13.8 Å². The highest BCUT2D eigenvalue weighted by molar-refractivity contribution is 5.77. The third-order valence-electron chi connectivity index (χ3n) is 2.99. The van der Waals surface area contributed by atoms with Gasteiger partial charge in [-0.2, -0.15) is 0 Å². The lowest BCUT2D eigenvalue weighted by molar-refractivity contribution is -0.123. The van der Waals surface area contributed by atoms with Crippen molar-refractivity contribution in [2.75, 3.05) is 6.61 Å². The van der Waals surface area contributed by atoms with Crippen molar-refractivity contribution in [1.82, 2.24) is 5.32 Å². The number of nitrogens with one attached hydrogen (secondary N) is 1. The molecule has 0 atom stereocenters. The highest BCUT2D eigenvalue weighted by atomic mass is 19.1. The Morgan fingerprint density at radius 3 is 2.30 bits per heavy atom. The molecule has 0 spiro atoms. The molecule has 0 bridgehead atoms. The van der Waals surface area contributed by atoms with Crippen molar-refractivity contribution in [3.05, 3.63) is 29.3 Å². The van der Waals surface area contributed by atoms with Crippen LogP contribution in [0.5, 0.6) is 5.75 Å². The molecule has 1 amide bonds. The van der Waals surface area contributed by atoms with Crippen LogP contribution in [0.2, 0.25) is 0 Å². The van der Waals surface area contributed by atoms with Crippen LogP contribution in [0.1, 0.15) is 32.3 Å². The molecule has 1 aromatic carbocycles. The number of benzene rings is 1. The number of nitrogens with two attached hydrogens (primary N) is 1. The quantitative estimate of drug-likeness (QED) is 0.807. The number of ether oxygens (including phenoxy) is 1. The van der Waals surface area contributed by atoms with Crippen LogP contribution in [0.4, 0.5) is 8.78 Å². The second-order valence-corrected chi connectivity index (χ2v) is 4.46. The van der Waals surface area contributed by atoms with Crippen molar-refractivity contribution >= 4 is 5.91 Å². The van der Waals surface area contributed by atoms with E-state index in [4.69, 9.17) is 10.5 Å². The molecule has 1 rings (SSSR count). The second-order valence-electron chi connectivity index (χ2n) is 4.46. The Labute approximate surface area is 117 Å². The Bertz CT molecular complexity index is 439. The molecule has 0 aliphatic heterocycles. The van der Waals surface area contributed by atoms with Crippen molar-refractivity contribution < 1.29 is 18.3 Å². The minimum absolute atomic E-state index is 0.0310. The van der Waals surface area contributed by atoms with E-state index in [9.17, 15) is 13.6 Å². The second kappa shape index (κ2) is 7.79. The van der Waals surface area contributed by atoms with E-state index < -0.39 is 29.9 Å². The smallest absolute Gasteiger partial charge is 0.258 e. The third kappa shape index (κ3) is 4.45. The van der Waals surface area contributed by atoms with Crippen molar-refractivity contribution in [2.45, 2.75) is 39.3 Å². The van der Waals surface area contributed by atoms with Crippen LogP contribution >= 0.6 is 0 Å². The lowest BCUT2D eigenvalue weighted by Crippen LogP contribution is -2.37. The fourth-order valence-corrected chi connectivity index (χ4v) is 1.77. The Balaban J connectivity index is 2.64. The molecule has 1 aromatic rings. The SMILES string of the molecule is CCC(CC)NC(=O)COc1c(F)cc(CN)cc1F. The normalized spacial score (nSPS) is 10.7. The van der Waals surface area contributed by atoms with Gasteiger partial charge in [-0.15, -0.1) is 0 Å². The Morgan fingerprint density at radius 1 is 1.30 bits per heavy atom. The summed E-state index contributed by atoms with van der Waals surface area (Å²) in [4.78, 5) is 11.6. The molecule has 0 radical (unpaired) electrons. The van der Waals surface area contributed by atoms with E-state index >= 15 is 0 Å². The Hall–Kier alpha value is -1.69. The largest absolute Gasteiger partial charge is 0.478 e. The summed E-state index contributed by atoms with van der Waals surface area (Å²) in [5, 5.41) is 2.72. The van der Waals surface area contributed by atoms with Gasteiger partial charge in [0.1, 0.15) is 0 Å². The first-order valence-corrected chi connectivity index (χ1v) is 6.61. The molecular formula is C14H20F2N2O2. The number of hydrogen-bond donors (Lipinski definition) is 2. The Kier molecular flexibility index (Phi) is 6.38. The van der Waals surface area contributed by atoms with Gasteiger partial charge < -0.3 is 15.8 Å². The van der Waals surface area contributed by atoms with E-state index in [1.165, 1.54) is 0 Å². The van der Waals surface area contributed by atoms with E-state index in [-0.39, 0.29) is 12.6 Å². The summed E-state index contributed by atoms with van der Waals surface area (Å²) in [5.74, 6) is -2.68. The summed E-state index contributed by atoms with van der Waals surface area (Å²) >= 11 is 0. The number of hydrogen-bond acceptors (Lipinski definition) is 3. The molecule has 4 nitrogen and oxygen atoms in total. The minimum Gasteiger partial charge on any atom is -0.478 e. The number of amides is 1. The summed E-state index contributed by atoms with van der Waals surface area (Å²) in [7, 11) is 0. The molecule has 0 saturated carbocycles. The van der Waals surface area contributed by atoms with Gasteiger partial charge in [-0.1, -0.05) is 13.8 Å². The van der Waals surface area contributed by atoms with Crippen LogP contribution in [0, 0.1) is 11.6 Å². The van der Waals surface area contributed by atoms with Crippen molar-refractivity contribution in [1.29, 1.82) is 0 Å². The standard InChI is InChI=1S/C14H20F2N2O2/c1-3-10(4-2)18-13(19)8-20-14-11(15)5-9(7-17)6-12(14)16/h5-6,10H,3-4,7-8,17H2,1-2H3,(H,18,19). The van der Waals surface area contributed by atoms with E-state index in [0.717, 1.165) is 25.0 Å². The van der Waals surface area contributed by atoms with Crippen LogP contribution in [0.25, 0.3) is 0 Å². The predicted octanol–water partition coefficient (Wildman–Crippen LogP) is 2.11. The van der Waals surface area contributed by atoms with Gasteiger partial charge in [-0.3, -0.25) is 4.79 Å². The van der Waals surface area contributed by atoms with Crippen LogP contribution in [0.15, 0.2) is 12.1 Å². The highest BCUT2D eigenvalue weighted by Crippen LogP contribution is 2.23. The van der Waals surface area contributed by atoms with Crippen LogP contribution in [0.3, 0.4) is 0 Å². The van der Waals surface area contributed by atoms with Gasteiger partial charge in [-0.05, 0) is 30.5 Å². The number of carbonyl (C=O) groups excluding carboxylic acids is 1. The maximum atomic E-state index is 13.6. The molecule has 112 valence electrons. The van der Waals surface area contributed by atoms with E-state index in [2.05, 4.69) is 5.32 Å². The zero-order valence-corrected chi connectivity index (χ0v) is 11.7. The molecule has 0 saturated heterocycles. The molecule has 0 fully saturated rings. The summed E-state index contributed by atoms with van der Waals surface area (Å²) in [5.41, 5.74) is 5.63. The van der Waals surface area contributed by atoms with Gasteiger partial charge in [0.2, 0.25) is 0 Å². The van der Waals surface area contributed by atoms with Gasteiger partial charge in [0, 0.05) is 12.6 Å². The molecule has 0 unspecified atom stereocenters. The van der Waals surface area contributed by atoms with Crippen LogP contribution in [-0.4, -0.2) is 18.6 Å². The molecule has 20 heavy (non-hydrogen) atoms. The van der Waals surface area contributed by atoms with Gasteiger partial charge in [0.25, 0.3) is 5.91 Å². The predicted molar refractivity (Wildman–Crippen MR) is 72.3 cm³/mol. The molecular weight excluding hydrogens is 266 g/mol. The van der Waals surface area contributed by atoms with Gasteiger partial charge in [-0.25, -0.2) is 8.78 Å². The van der Waals surface area contributed by atoms with E-state index in [0.29, 0.717) is 5.56 Å². The van der Waals surface area contributed by atoms with Crippen LogP contribution < -0.4 is 15.8 Å². The molecule has 0 heterocycles. The summed E-state index contributed by atoms with van der Waals surface area (Å²) in [6.45, 7) is 3.50. The maximum Gasteiger partial charge on any atom is 0.258 e. The molecule has 6 heteroatoms. The summed E-state index contributed by atoms with van der Waals surface area (Å²) < 4.78 is 32.1. The topological polar surface area (TPSA) is 64.3 Å². The van der Waals surface area contributed by atoms with Crippen molar-refractivity contribution in [3.8, 4) is 5.75 Å². The minimum atomic E-state index is -0.860.